The van der Waals surface area contributed by atoms with Crippen molar-refractivity contribution in [3.05, 3.63) is 41.8 Å². The van der Waals surface area contributed by atoms with E-state index in [4.69, 9.17) is 16.3 Å². The van der Waals surface area contributed by atoms with E-state index in [1.54, 1.807) is 24.5 Å². The lowest BCUT2D eigenvalue weighted by atomic mass is 10.2. The molecule has 0 aliphatic rings. The quantitative estimate of drug-likeness (QED) is 0.617. The molecule has 0 fully saturated rings. The van der Waals surface area contributed by atoms with E-state index >= 15 is 0 Å². The van der Waals surface area contributed by atoms with Crippen LogP contribution in [-0.4, -0.2) is 21.1 Å². The first-order valence-corrected chi connectivity index (χ1v) is 7.75. The maximum absolute atomic E-state index is 13.4. The summed E-state index contributed by atoms with van der Waals surface area (Å²) in [4.78, 5) is 8.13. The summed E-state index contributed by atoms with van der Waals surface area (Å²) in [6.45, 7) is 4.00. The molecule has 0 saturated heterocycles. The van der Waals surface area contributed by atoms with Crippen LogP contribution in [0.3, 0.4) is 0 Å². The first-order chi connectivity index (χ1) is 10.7. The zero-order chi connectivity index (χ0) is 16.1. The van der Waals surface area contributed by atoms with Crippen molar-refractivity contribution in [3.63, 3.8) is 0 Å². The topological polar surface area (TPSA) is 39.9 Å². The predicted molar refractivity (Wildman–Crippen MR) is 90.0 cm³/mol. The Morgan fingerprint density at radius 3 is 2.73 bits per heavy atom. The maximum atomic E-state index is 13.4. The number of aromatic nitrogens is 3. The molecule has 0 amide bonds. The zero-order valence-electron chi connectivity index (χ0n) is 12.4. The number of nitrogens with zero attached hydrogens (tertiary/aromatic N) is 3. The molecular formula is C15H15ClFN3OS. The molecule has 0 atom stereocenters. The molecule has 3 aromatic rings. The summed E-state index contributed by atoms with van der Waals surface area (Å²) in [6, 6.07) is 7.04. The first kappa shape index (κ1) is 16.6. The third kappa shape index (κ3) is 3.03. The minimum atomic E-state index is 0.101. The molecule has 4 nitrogen and oxygen atoms in total. The standard InChI is InChI=1S/C13H9ClFN3OS.C2H6/c1-19-13-9(3-2-4-16-13)11-5-8-7-17-12(14)6-10(8)18(11)20-15;1-2/h2-7H,1H3;1-2H3. The van der Waals surface area contributed by atoms with E-state index in [-0.39, 0.29) is 12.3 Å². The first-order valence-electron chi connectivity index (χ1n) is 6.70. The molecule has 22 heavy (non-hydrogen) atoms. The second kappa shape index (κ2) is 7.47. The van der Waals surface area contributed by atoms with E-state index in [1.807, 2.05) is 26.0 Å². The van der Waals surface area contributed by atoms with Gasteiger partial charge in [0.1, 0.15) is 5.15 Å². The van der Waals surface area contributed by atoms with E-state index in [9.17, 15) is 3.89 Å². The summed E-state index contributed by atoms with van der Waals surface area (Å²) in [6.07, 6.45) is 3.23. The van der Waals surface area contributed by atoms with E-state index in [1.165, 1.54) is 11.1 Å². The largest absolute Gasteiger partial charge is 0.481 e. The second-order valence-electron chi connectivity index (χ2n) is 4.02. The summed E-state index contributed by atoms with van der Waals surface area (Å²) in [5.41, 5.74) is 1.99. The molecular weight excluding hydrogens is 325 g/mol. The molecule has 0 radical (unpaired) electrons. The Morgan fingerprint density at radius 2 is 2.05 bits per heavy atom. The van der Waals surface area contributed by atoms with Crippen molar-refractivity contribution in [2.24, 2.45) is 0 Å². The highest BCUT2D eigenvalue weighted by Crippen LogP contribution is 2.36. The van der Waals surface area contributed by atoms with Gasteiger partial charge in [-0.3, -0.25) is 3.97 Å². The lowest BCUT2D eigenvalue weighted by Crippen LogP contribution is -1.94. The Bertz CT molecular complexity index is 779. The Labute approximate surface area is 137 Å². The zero-order valence-corrected chi connectivity index (χ0v) is 14.0. The van der Waals surface area contributed by atoms with Crippen molar-refractivity contribution in [1.82, 2.24) is 13.9 Å². The molecule has 3 aromatic heterocycles. The Kier molecular flexibility index (Phi) is 5.63. The van der Waals surface area contributed by atoms with Crippen molar-refractivity contribution in [3.8, 4) is 17.1 Å². The number of hydrogen-bond acceptors (Lipinski definition) is 4. The molecule has 0 aromatic carbocycles. The number of pyridine rings is 2. The molecule has 116 valence electrons. The van der Waals surface area contributed by atoms with Gasteiger partial charge in [-0.25, -0.2) is 9.97 Å². The van der Waals surface area contributed by atoms with Gasteiger partial charge in [-0.15, -0.1) is 3.89 Å². The number of halogens is 2. The van der Waals surface area contributed by atoms with Crippen LogP contribution in [0.1, 0.15) is 13.8 Å². The average molecular weight is 340 g/mol. The smallest absolute Gasteiger partial charge is 0.222 e. The van der Waals surface area contributed by atoms with Crippen LogP contribution in [-0.2, 0) is 0 Å². The van der Waals surface area contributed by atoms with Crippen molar-refractivity contribution in [2.75, 3.05) is 7.11 Å². The number of ether oxygens (including phenoxy) is 1. The van der Waals surface area contributed by atoms with Gasteiger partial charge in [-0.1, -0.05) is 25.4 Å². The minimum absolute atomic E-state index is 0.101. The van der Waals surface area contributed by atoms with Crippen molar-refractivity contribution >= 4 is 34.8 Å². The molecule has 0 spiro atoms. The van der Waals surface area contributed by atoms with Crippen molar-refractivity contribution in [1.29, 1.82) is 0 Å². The van der Waals surface area contributed by atoms with Crippen LogP contribution in [0.2, 0.25) is 5.15 Å². The molecule has 0 bridgehead atoms. The van der Waals surface area contributed by atoms with Crippen LogP contribution in [0.4, 0.5) is 3.89 Å². The van der Waals surface area contributed by atoms with Crippen LogP contribution in [0.5, 0.6) is 5.88 Å². The lowest BCUT2D eigenvalue weighted by Gasteiger charge is -2.08. The average Bonchev–Trinajstić information content (AvgIpc) is 2.94. The van der Waals surface area contributed by atoms with Crippen LogP contribution in [0, 0.1) is 0 Å². The minimum Gasteiger partial charge on any atom is -0.481 e. The molecule has 0 saturated carbocycles. The SMILES string of the molecule is CC.COc1ncccc1-c1cc2cnc(Cl)cc2n1SF. The van der Waals surface area contributed by atoms with Crippen molar-refractivity contribution in [2.45, 2.75) is 13.8 Å². The van der Waals surface area contributed by atoms with Gasteiger partial charge >= 0.3 is 0 Å². The van der Waals surface area contributed by atoms with E-state index in [0.29, 0.717) is 27.8 Å². The summed E-state index contributed by atoms with van der Waals surface area (Å²) < 4.78 is 20.0. The third-order valence-corrected chi connectivity index (χ3v) is 3.66. The molecule has 7 heteroatoms. The van der Waals surface area contributed by atoms with Gasteiger partial charge in [0.15, 0.2) is 12.3 Å². The summed E-state index contributed by atoms with van der Waals surface area (Å²) in [5, 5.41) is 1.11. The Hall–Kier alpha value is -1.79. The van der Waals surface area contributed by atoms with E-state index in [0.717, 1.165) is 5.39 Å². The molecule has 0 unspecified atom stereocenters. The van der Waals surface area contributed by atoms with Crippen LogP contribution < -0.4 is 4.74 Å². The highest BCUT2D eigenvalue weighted by Gasteiger charge is 2.16. The van der Waals surface area contributed by atoms with Gasteiger partial charge in [0.25, 0.3) is 0 Å². The Balaban J connectivity index is 0.000000847. The Morgan fingerprint density at radius 1 is 1.27 bits per heavy atom. The number of rotatable bonds is 3. The summed E-state index contributed by atoms with van der Waals surface area (Å²) >= 11 is 5.97. The lowest BCUT2D eigenvalue weighted by molar-refractivity contribution is 0.399. The second-order valence-corrected chi connectivity index (χ2v) is 4.91. The van der Waals surface area contributed by atoms with Crippen LogP contribution in [0.25, 0.3) is 22.2 Å². The van der Waals surface area contributed by atoms with Gasteiger partial charge in [0.2, 0.25) is 5.88 Å². The number of hydrogen-bond donors (Lipinski definition) is 0. The monoisotopic (exact) mass is 339 g/mol. The summed E-state index contributed by atoms with van der Waals surface area (Å²) in [5.74, 6) is 0.435. The highest BCUT2D eigenvalue weighted by atomic mass is 35.5. The van der Waals surface area contributed by atoms with Gasteiger partial charge < -0.3 is 4.74 Å². The van der Waals surface area contributed by atoms with Gasteiger partial charge in [0.05, 0.1) is 23.9 Å². The normalized spacial score (nSPS) is 10.2. The summed E-state index contributed by atoms with van der Waals surface area (Å²) in [7, 11) is 1.53. The number of fused-ring (bicyclic) bond motifs is 1. The van der Waals surface area contributed by atoms with Gasteiger partial charge in [-0.05, 0) is 18.2 Å². The fourth-order valence-corrected chi connectivity index (χ4v) is 2.67. The third-order valence-electron chi connectivity index (χ3n) is 2.92. The van der Waals surface area contributed by atoms with Crippen LogP contribution in [0.15, 0.2) is 36.7 Å². The van der Waals surface area contributed by atoms with E-state index in [2.05, 4.69) is 9.97 Å². The molecule has 3 rings (SSSR count). The fraction of sp³-hybridized carbons (Fsp3) is 0.200. The molecule has 3 heterocycles. The molecule has 0 N–H and O–H groups in total. The highest BCUT2D eigenvalue weighted by molar-refractivity contribution is 7.93. The fourth-order valence-electron chi connectivity index (χ4n) is 2.06. The van der Waals surface area contributed by atoms with Crippen LogP contribution >= 0.6 is 23.9 Å². The number of methoxy groups -OCH3 is 1. The van der Waals surface area contributed by atoms with Crippen molar-refractivity contribution < 1.29 is 8.62 Å². The predicted octanol–water partition coefficient (Wildman–Crippen LogP) is 5.17. The molecule has 0 aliphatic heterocycles. The molecule has 0 aliphatic carbocycles. The van der Waals surface area contributed by atoms with E-state index < -0.39 is 0 Å². The maximum Gasteiger partial charge on any atom is 0.222 e. The van der Waals surface area contributed by atoms with Gasteiger partial charge in [-0.2, -0.15) is 0 Å². The van der Waals surface area contributed by atoms with Gasteiger partial charge in [0, 0.05) is 23.8 Å².